The molecule has 43 heavy (non-hydrogen) atoms. The number of ether oxygens (including phenoxy) is 1. The van der Waals surface area contributed by atoms with Gasteiger partial charge in [0.2, 0.25) is 0 Å². The highest BCUT2D eigenvalue weighted by atomic mass is 19.1. The summed E-state index contributed by atoms with van der Waals surface area (Å²) in [5.41, 5.74) is 4.85. The van der Waals surface area contributed by atoms with Gasteiger partial charge >= 0.3 is 5.97 Å². The van der Waals surface area contributed by atoms with Gasteiger partial charge in [-0.1, -0.05) is 0 Å². The monoisotopic (exact) mass is 589 g/mol. The number of rotatable bonds is 8. The number of amides is 1. The zero-order valence-electron chi connectivity index (χ0n) is 24.8. The largest absolute Gasteiger partial charge is 0.491 e. The predicted molar refractivity (Wildman–Crippen MR) is 159 cm³/mol. The zero-order valence-corrected chi connectivity index (χ0v) is 24.8. The van der Waals surface area contributed by atoms with Crippen LogP contribution in [-0.2, 0) is 13.0 Å². The van der Waals surface area contributed by atoms with Crippen LogP contribution in [0.3, 0.4) is 0 Å². The van der Waals surface area contributed by atoms with E-state index in [9.17, 15) is 23.5 Å². The van der Waals surface area contributed by atoms with Gasteiger partial charge in [-0.2, -0.15) is 0 Å². The highest BCUT2D eigenvalue weighted by Crippen LogP contribution is 2.47. The van der Waals surface area contributed by atoms with Gasteiger partial charge in [-0.25, -0.2) is 13.6 Å². The molecule has 7 nitrogen and oxygen atoms in total. The Hall–Kier alpha value is -3.85. The highest BCUT2D eigenvalue weighted by molar-refractivity contribution is 5.99. The average Bonchev–Trinajstić information content (AvgIpc) is 3.80. The van der Waals surface area contributed by atoms with Crippen molar-refractivity contribution < 1.29 is 28.2 Å². The first-order chi connectivity index (χ1) is 20.6. The van der Waals surface area contributed by atoms with Crippen molar-refractivity contribution in [2.45, 2.75) is 77.5 Å². The summed E-state index contributed by atoms with van der Waals surface area (Å²) in [6.07, 6.45) is 4.24. The molecule has 9 heteroatoms. The van der Waals surface area contributed by atoms with E-state index >= 15 is 0 Å². The molecule has 2 fully saturated rings. The fourth-order valence-electron chi connectivity index (χ4n) is 6.51. The standard InChI is InChI=1S/C34H37F2N3O4/c1-19(2)43-32-17-28(25-7-6-23(35)15-30(25)36)27(21-4-5-21)14-22(32)18-38-11-8-24(9-12-38)39-13-10-31-29(33(39)40)16-26(34(41)42)20(3)37-31/h6-7,14-17,19,21,24H,4-5,8-13,18H2,1-3H3,(H,41,42). The lowest BCUT2D eigenvalue weighted by Crippen LogP contribution is -2.50. The van der Waals surface area contributed by atoms with Gasteiger partial charge in [0, 0.05) is 55.8 Å². The number of fused-ring (bicyclic) bond motifs is 1. The molecular formula is C34H37F2N3O4. The molecule has 1 aliphatic carbocycles. The van der Waals surface area contributed by atoms with Crippen LogP contribution in [0.15, 0.2) is 36.4 Å². The minimum Gasteiger partial charge on any atom is -0.491 e. The van der Waals surface area contributed by atoms with E-state index in [-0.39, 0.29) is 23.6 Å². The smallest absolute Gasteiger partial charge is 0.337 e. The lowest BCUT2D eigenvalue weighted by molar-refractivity contribution is 0.0542. The molecule has 3 heterocycles. The lowest BCUT2D eigenvalue weighted by Gasteiger charge is -2.40. The van der Waals surface area contributed by atoms with Gasteiger partial charge in [-0.3, -0.25) is 14.7 Å². The number of aromatic carboxylic acids is 1. The summed E-state index contributed by atoms with van der Waals surface area (Å²) >= 11 is 0. The summed E-state index contributed by atoms with van der Waals surface area (Å²) in [7, 11) is 0. The van der Waals surface area contributed by atoms with Crippen LogP contribution in [0.5, 0.6) is 5.75 Å². The number of hydrogen-bond acceptors (Lipinski definition) is 5. The molecule has 226 valence electrons. The minimum atomic E-state index is -1.08. The van der Waals surface area contributed by atoms with Crippen LogP contribution in [0.1, 0.15) is 88.7 Å². The van der Waals surface area contributed by atoms with Crippen molar-refractivity contribution in [3.05, 3.63) is 81.7 Å². The first-order valence-electron chi connectivity index (χ1n) is 15.1. The normalized spacial score (nSPS) is 17.8. The van der Waals surface area contributed by atoms with Gasteiger partial charge in [0.25, 0.3) is 5.91 Å². The molecule has 3 aliphatic rings. The number of aryl methyl sites for hydroxylation is 1. The Morgan fingerprint density at radius 2 is 1.77 bits per heavy atom. The number of carboxylic acid groups (broad SMARTS) is 1. The van der Waals surface area contributed by atoms with E-state index in [2.05, 4.69) is 16.0 Å². The number of piperidine rings is 1. The number of nitrogens with zero attached hydrogens (tertiary/aromatic N) is 3. The number of carboxylic acids is 1. The maximum Gasteiger partial charge on any atom is 0.337 e. The van der Waals surface area contributed by atoms with E-state index in [0.29, 0.717) is 53.7 Å². The third-order valence-electron chi connectivity index (χ3n) is 8.83. The zero-order chi connectivity index (χ0) is 30.4. The van der Waals surface area contributed by atoms with Gasteiger partial charge < -0.3 is 14.7 Å². The third kappa shape index (κ3) is 6.00. The van der Waals surface area contributed by atoms with Crippen molar-refractivity contribution in [3.63, 3.8) is 0 Å². The number of carbonyl (C=O) groups is 2. The lowest BCUT2D eigenvalue weighted by atomic mass is 9.92. The molecule has 6 rings (SSSR count). The number of hydrogen-bond donors (Lipinski definition) is 1. The van der Waals surface area contributed by atoms with Crippen LogP contribution in [0.2, 0.25) is 0 Å². The van der Waals surface area contributed by atoms with Crippen molar-refractivity contribution in [1.82, 2.24) is 14.8 Å². The highest BCUT2D eigenvalue weighted by Gasteiger charge is 2.35. The number of likely N-dealkylation sites (tertiary alicyclic amines) is 1. The molecule has 1 saturated carbocycles. The van der Waals surface area contributed by atoms with Crippen LogP contribution in [0, 0.1) is 18.6 Å². The number of benzene rings is 2. The van der Waals surface area contributed by atoms with E-state index in [0.717, 1.165) is 61.5 Å². The molecule has 1 N–H and O–H groups in total. The van der Waals surface area contributed by atoms with Gasteiger partial charge in [0.05, 0.1) is 28.6 Å². The quantitative estimate of drug-likeness (QED) is 0.329. The fourth-order valence-corrected chi connectivity index (χ4v) is 6.51. The summed E-state index contributed by atoms with van der Waals surface area (Å²) in [6.45, 7) is 8.43. The molecule has 0 radical (unpaired) electrons. The Labute approximate surface area is 250 Å². The molecule has 3 aromatic rings. The second-order valence-electron chi connectivity index (χ2n) is 12.3. The molecule has 1 saturated heterocycles. The summed E-state index contributed by atoms with van der Waals surface area (Å²) in [5, 5.41) is 9.52. The Balaban J connectivity index is 1.20. The third-order valence-corrected chi connectivity index (χ3v) is 8.83. The van der Waals surface area contributed by atoms with Crippen LogP contribution < -0.4 is 4.74 Å². The first kappa shape index (κ1) is 29.2. The number of halogens is 2. The summed E-state index contributed by atoms with van der Waals surface area (Å²) in [5.74, 6) is -1.33. The van der Waals surface area contributed by atoms with Gasteiger partial charge in [0.15, 0.2) is 0 Å². The second-order valence-corrected chi connectivity index (χ2v) is 12.3. The van der Waals surface area contributed by atoms with Crippen molar-refractivity contribution in [1.29, 1.82) is 0 Å². The van der Waals surface area contributed by atoms with Crippen molar-refractivity contribution in [2.24, 2.45) is 0 Å². The van der Waals surface area contributed by atoms with Gasteiger partial charge in [-0.05, 0) is 93.8 Å². The van der Waals surface area contributed by atoms with Crippen LogP contribution >= 0.6 is 0 Å². The van der Waals surface area contributed by atoms with E-state index < -0.39 is 17.6 Å². The molecule has 2 aromatic carbocycles. The van der Waals surface area contributed by atoms with Crippen molar-refractivity contribution in [3.8, 4) is 16.9 Å². The molecule has 0 atom stereocenters. The summed E-state index contributed by atoms with van der Waals surface area (Å²) in [6, 6.07) is 9.38. The fraction of sp³-hybridized carbons (Fsp3) is 0.441. The molecule has 0 spiro atoms. The van der Waals surface area contributed by atoms with Gasteiger partial charge in [0.1, 0.15) is 17.4 Å². The molecule has 2 aliphatic heterocycles. The predicted octanol–water partition coefficient (Wildman–Crippen LogP) is 6.36. The maximum absolute atomic E-state index is 14.9. The summed E-state index contributed by atoms with van der Waals surface area (Å²) in [4.78, 5) is 33.8. The van der Waals surface area contributed by atoms with E-state index in [1.165, 1.54) is 18.2 Å². The van der Waals surface area contributed by atoms with Crippen LogP contribution in [0.4, 0.5) is 8.78 Å². The first-order valence-corrected chi connectivity index (χ1v) is 15.1. The minimum absolute atomic E-state index is 0.0712. The molecule has 1 aromatic heterocycles. The Kier molecular flexibility index (Phi) is 7.94. The van der Waals surface area contributed by atoms with E-state index in [1.54, 1.807) is 6.92 Å². The second kappa shape index (κ2) is 11.7. The van der Waals surface area contributed by atoms with Gasteiger partial charge in [-0.15, -0.1) is 0 Å². The Bertz CT molecular complexity index is 1580. The molecule has 0 unspecified atom stereocenters. The molecule has 0 bridgehead atoms. The van der Waals surface area contributed by atoms with Crippen LogP contribution in [0.25, 0.3) is 11.1 Å². The number of pyridine rings is 1. The topological polar surface area (TPSA) is 83.0 Å². The van der Waals surface area contributed by atoms with E-state index in [4.69, 9.17) is 4.74 Å². The molecule has 1 amide bonds. The average molecular weight is 590 g/mol. The molecular weight excluding hydrogens is 552 g/mol. The number of carbonyl (C=O) groups excluding carboxylic acids is 1. The maximum atomic E-state index is 14.9. The van der Waals surface area contributed by atoms with Crippen LogP contribution in [-0.4, -0.2) is 63.5 Å². The SMILES string of the molecule is Cc1nc2c(cc1C(=O)O)C(=O)N(C1CCN(Cc3cc(C4CC4)c(-c4ccc(F)cc4F)cc3OC(C)C)CC1)CC2. The number of aromatic nitrogens is 1. The van der Waals surface area contributed by atoms with Crippen molar-refractivity contribution in [2.75, 3.05) is 19.6 Å². The van der Waals surface area contributed by atoms with E-state index in [1.807, 2.05) is 24.8 Å². The Morgan fingerprint density at radius 3 is 2.42 bits per heavy atom. The van der Waals surface area contributed by atoms with Crippen molar-refractivity contribution >= 4 is 11.9 Å². The Morgan fingerprint density at radius 1 is 1.02 bits per heavy atom. The summed E-state index contributed by atoms with van der Waals surface area (Å²) < 4.78 is 34.8.